The Balaban J connectivity index is 2.27. The van der Waals surface area contributed by atoms with E-state index in [0.717, 1.165) is 5.56 Å². The minimum absolute atomic E-state index is 0.270. The second kappa shape index (κ2) is 5.68. The number of aryl methyl sites for hydroxylation is 1. The number of hydrogen-bond acceptors (Lipinski definition) is 6. The number of aliphatic hydroxyl groups excluding tert-OH is 2. The quantitative estimate of drug-likeness (QED) is 0.690. The van der Waals surface area contributed by atoms with Crippen LogP contribution in [0.4, 0.5) is 5.82 Å². The maximum absolute atomic E-state index is 11.9. The Kier molecular flexibility index (Phi) is 4.18. The van der Waals surface area contributed by atoms with Crippen molar-refractivity contribution in [3.63, 3.8) is 0 Å². The van der Waals surface area contributed by atoms with Crippen LogP contribution in [0.15, 0.2) is 11.0 Å². The van der Waals surface area contributed by atoms with E-state index in [-0.39, 0.29) is 13.0 Å². The lowest BCUT2D eigenvalue weighted by molar-refractivity contribution is -0.0459. The van der Waals surface area contributed by atoms with Crippen LogP contribution in [-0.2, 0) is 4.74 Å². The first kappa shape index (κ1) is 14.0. The van der Waals surface area contributed by atoms with Gasteiger partial charge in [-0.1, -0.05) is 0 Å². The van der Waals surface area contributed by atoms with Gasteiger partial charge in [-0.05, 0) is 13.8 Å². The fraction of sp³-hybridized carbons (Fsp3) is 0.667. The third kappa shape index (κ3) is 2.78. The summed E-state index contributed by atoms with van der Waals surface area (Å²) in [5.74, 6) is 0.556. The molecular weight excluding hydrogens is 250 g/mol. The molecular formula is C12H19N3O4. The average Bonchev–Trinajstić information content (AvgIpc) is 2.75. The summed E-state index contributed by atoms with van der Waals surface area (Å²) in [7, 11) is 0. The van der Waals surface area contributed by atoms with Crippen molar-refractivity contribution in [2.45, 2.75) is 38.7 Å². The van der Waals surface area contributed by atoms with E-state index in [1.165, 1.54) is 4.57 Å². The number of rotatable bonds is 4. The predicted octanol–water partition coefficient (Wildman–Crippen LogP) is -0.376. The number of aromatic nitrogens is 2. The van der Waals surface area contributed by atoms with Gasteiger partial charge in [-0.15, -0.1) is 0 Å². The van der Waals surface area contributed by atoms with E-state index in [4.69, 9.17) is 9.84 Å². The van der Waals surface area contributed by atoms with Gasteiger partial charge in [-0.3, -0.25) is 4.57 Å². The van der Waals surface area contributed by atoms with Crippen LogP contribution < -0.4 is 11.0 Å². The van der Waals surface area contributed by atoms with Crippen LogP contribution >= 0.6 is 0 Å². The van der Waals surface area contributed by atoms with Crippen molar-refractivity contribution in [1.29, 1.82) is 0 Å². The molecule has 7 nitrogen and oxygen atoms in total. The first-order chi connectivity index (χ1) is 9.06. The highest BCUT2D eigenvalue weighted by Gasteiger charge is 2.35. The molecule has 3 N–H and O–H groups in total. The summed E-state index contributed by atoms with van der Waals surface area (Å²) in [5, 5.41) is 21.7. The van der Waals surface area contributed by atoms with E-state index < -0.39 is 24.1 Å². The maximum Gasteiger partial charge on any atom is 0.351 e. The van der Waals surface area contributed by atoms with Gasteiger partial charge < -0.3 is 20.3 Å². The number of hydrogen-bond donors (Lipinski definition) is 3. The fourth-order valence-electron chi connectivity index (χ4n) is 2.17. The zero-order chi connectivity index (χ0) is 14.0. The lowest BCUT2D eigenvalue weighted by Crippen LogP contribution is -2.29. The van der Waals surface area contributed by atoms with Crippen molar-refractivity contribution in [2.24, 2.45) is 0 Å². The molecule has 0 bridgehead atoms. The summed E-state index contributed by atoms with van der Waals surface area (Å²) < 4.78 is 6.80. The Labute approximate surface area is 110 Å². The third-order valence-corrected chi connectivity index (χ3v) is 3.17. The van der Waals surface area contributed by atoms with E-state index in [1.54, 1.807) is 6.20 Å². The van der Waals surface area contributed by atoms with Gasteiger partial charge in [0.2, 0.25) is 0 Å². The Morgan fingerprint density at radius 1 is 1.63 bits per heavy atom. The average molecular weight is 269 g/mol. The highest BCUT2D eigenvalue weighted by Crippen LogP contribution is 2.27. The molecule has 1 aromatic heterocycles. The molecule has 0 radical (unpaired) electrons. The molecule has 2 rings (SSSR count). The van der Waals surface area contributed by atoms with Crippen LogP contribution in [-0.4, -0.2) is 45.1 Å². The van der Waals surface area contributed by atoms with Crippen molar-refractivity contribution in [1.82, 2.24) is 9.55 Å². The molecule has 1 saturated heterocycles. The zero-order valence-corrected chi connectivity index (χ0v) is 11.0. The first-order valence-electron chi connectivity index (χ1n) is 6.34. The van der Waals surface area contributed by atoms with Gasteiger partial charge in [0, 0.05) is 24.7 Å². The molecule has 0 spiro atoms. The van der Waals surface area contributed by atoms with Gasteiger partial charge in [-0.25, -0.2) is 4.79 Å². The van der Waals surface area contributed by atoms with Crippen LogP contribution in [0.25, 0.3) is 0 Å². The fourth-order valence-corrected chi connectivity index (χ4v) is 2.17. The van der Waals surface area contributed by atoms with Crippen LogP contribution in [0.5, 0.6) is 0 Å². The van der Waals surface area contributed by atoms with E-state index in [2.05, 4.69) is 10.3 Å². The minimum atomic E-state index is -0.768. The molecule has 7 heteroatoms. The van der Waals surface area contributed by atoms with Gasteiger partial charge in [0.1, 0.15) is 18.1 Å². The Hall–Kier alpha value is -1.44. The van der Waals surface area contributed by atoms with Crippen LogP contribution in [0, 0.1) is 6.92 Å². The Morgan fingerprint density at radius 3 is 2.95 bits per heavy atom. The van der Waals surface area contributed by atoms with E-state index in [9.17, 15) is 9.90 Å². The monoisotopic (exact) mass is 269 g/mol. The van der Waals surface area contributed by atoms with E-state index >= 15 is 0 Å². The molecule has 0 saturated carbocycles. The normalized spacial score (nSPS) is 26.6. The second-order valence-electron chi connectivity index (χ2n) is 4.61. The van der Waals surface area contributed by atoms with Crippen LogP contribution in [0.3, 0.4) is 0 Å². The minimum Gasteiger partial charge on any atom is -0.394 e. The van der Waals surface area contributed by atoms with Crippen molar-refractivity contribution in [3.05, 3.63) is 22.2 Å². The molecule has 1 aliphatic rings. The molecule has 0 unspecified atom stereocenters. The van der Waals surface area contributed by atoms with Crippen molar-refractivity contribution < 1.29 is 14.9 Å². The summed E-state index contributed by atoms with van der Waals surface area (Å²) in [5.41, 5.74) is 0.393. The van der Waals surface area contributed by atoms with E-state index in [0.29, 0.717) is 12.4 Å². The third-order valence-electron chi connectivity index (χ3n) is 3.17. The first-order valence-corrected chi connectivity index (χ1v) is 6.34. The second-order valence-corrected chi connectivity index (χ2v) is 4.61. The van der Waals surface area contributed by atoms with E-state index in [1.807, 2.05) is 13.8 Å². The van der Waals surface area contributed by atoms with Crippen molar-refractivity contribution >= 4 is 5.82 Å². The highest BCUT2D eigenvalue weighted by atomic mass is 16.5. The van der Waals surface area contributed by atoms with Crippen LogP contribution in [0.1, 0.15) is 25.1 Å². The molecule has 0 amide bonds. The summed E-state index contributed by atoms with van der Waals surface area (Å²) in [6, 6.07) is 0. The Bertz CT molecular complexity index is 502. The molecule has 2 heterocycles. The highest BCUT2D eigenvalue weighted by molar-refractivity contribution is 5.41. The Morgan fingerprint density at radius 2 is 2.37 bits per heavy atom. The largest absolute Gasteiger partial charge is 0.394 e. The maximum atomic E-state index is 11.9. The number of aliphatic hydroxyl groups is 2. The molecule has 1 aromatic rings. The van der Waals surface area contributed by atoms with Crippen molar-refractivity contribution in [2.75, 3.05) is 18.5 Å². The molecule has 1 fully saturated rings. The zero-order valence-electron chi connectivity index (χ0n) is 11.0. The summed E-state index contributed by atoms with van der Waals surface area (Å²) in [6.07, 6.45) is -0.0695. The number of nitrogens with one attached hydrogen (secondary N) is 1. The van der Waals surface area contributed by atoms with Gasteiger partial charge in [0.15, 0.2) is 0 Å². The molecule has 19 heavy (non-hydrogen) atoms. The standard InChI is InChI=1S/C12H19N3O4/c1-3-13-11-7(2)5-15(12(18)14-11)10-4-8(17)9(6-16)19-10/h5,8-10,16-17H,3-4,6H2,1-2H3,(H,13,14,18)/t8-,9-,10-/m1/s1. The summed E-state index contributed by atoms with van der Waals surface area (Å²) in [6.45, 7) is 4.18. The van der Waals surface area contributed by atoms with Gasteiger partial charge >= 0.3 is 5.69 Å². The molecule has 106 valence electrons. The smallest absolute Gasteiger partial charge is 0.351 e. The SMILES string of the molecule is CCNc1nc(=O)n([C@H]2C[C@@H](O)[C@@H](CO)O2)cc1C. The van der Waals surface area contributed by atoms with Gasteiger partial charge in [0.05, 0.1) is 12.7 Å². The summed E-state index contributed by atoms with van der Waals surface area (Å²) in [4.78, 5) is 15.9. The lowest BCUT2D eigenvalue weighted by Gasteiger charge is -2.16. The topological polar surface area (TPSA) is 96.6 Å². The number of nitrogens with zero attached hydrogens (tertiary/aromatic N) is 2. The van der Waals surface area contributed by atoms with Crippen molar-refractivity contribution in [3.8, 4) is 0 Å². The summed E-state index contributed by atoms with van der Waals surface area (Å²) >= 11 is 0. The predicted molar refractivity (Wildman–Crippen MR) is 69.0 cm³/mol. The van der Waals surface area contributed by atoms with Crippen LogP contribution in [0.2, 0.25) is 0 Å². The molecule has 3 atom stereocenters. The number of ether oxygens (including phenoxy) is 1. The molecule has 0 aromatic carbocycles. The lowest BCUT2D eigenvalue weighted by atomic mass is 10.2. The molecule has 1 aliphatic heterocycles. The molecule has 0 aliphatic carbocycles. The van der Waals surface area contributed by atoms with Gasteiger partial charge in [-0.2, -0.15) is 4.98 Å². The number of anilines is 1. The van der Waals surface area contributed by atoms with Gasteiger partial charge in [0.25, 0.3) is 0 Å².